The number of para-hydroxylation sites is 1. The minimum absolute atomic E-state index is 0.119. The van der Waals surface area contributed by atoms with Gasteiger partial charge in [0, 0.05) is 24.9 Å². The first-order valence-corrected chi connectivity index (χ1v) is 12.8. The highest BCUT2D eigenvalue weighted by atomic mass is 16.4. The molecule has 1 aromatic carbocycles. The number of fused-ring (bicyclic) bond motifs is 3. The smallest absolute Gasteiger partial charge is 0.303 e. The Bertz CT molecular complexity index is 1240. The van der Waals surface area contributed by atoms with E-state index in [1.807, 2.05) is 18.2 Å². The first-order valence-electron chi connectivity index (χ1n) is 12.8. The number of aryl methyl sites for hydroxylation is 2. The van der Waals surface area contributed by atoms with Gasteiger partial charge in [0.2, 0.25) is 0 Å². The van der Waals surface area contributed by atoms with Gasteiger partial charge >= 0.3 is 5.97 Å². The van der Waals surface area contributed by atoms with Crippen LogP contribution in [0.5, 0.6) is 0 Å². The average Bonchev–Trinajstić information content (AvgIpc) is 3.21. The fourth-order valence-corrected chi connectivity index (χ4v) is 4.92. The molecule has 2 aromatic heterocycles. The third kappa shape index (κ3) is 6.09. The lowest BCUT2D eigenvalue weighted by molar-refractivity contribution is -0.137. The molecule has 1 unspecified atom stereocenters. The molecule has 7 heteroatoms. The number of pyridine rings is 1. The number of hydrogen-bond acceptors (Lipinski definition) is 5. The first kappa shape index (κ1) is 24.9. The summed E-state index contributed by atoms with van der Waals surface area (Å²) in [6, 6.07) is 8.18. The van der Waals surface area contributed by atoms with Crippen LogP contribution < -0.4 is 5.73 Å². The molecule has 1 atom stereocenters. The predicted molar refractivity (Wildman–Crippen MR) is 142 cm³/mol. The second kappa shape index (κ2) is 11.5. The van der Waals surface area contributed by atoms with E-state index < -0.39 is 5.97 Å². The number of hydrogen-bond donors (Lipinski definition) is 2. The minimum atomic E-state index is -0.732. The second-order valence-electron chi connectivity index (χ2n) is 9.67. The molecular weight excluding hydrogens is 438 g/mol. The van der Waals surface area contributed by atoms with Gasteiger partial charge in [0.1, 0.15) is 11.3 Å². The monoisotopic (exact) mass is 475 g/mol. The molecule has 0 aliphatic heterocycles. The number of unbranched alkanes of at least 4 members (excludes halogenated alkanes) is 2. The molecule has 1 aliphatic carbocycles. The number of carboxylic acids is 1. The van der Waals surface area contributed by atoms with Crippen molar-refractivity contribution < 1.29 is 9.90 Å². The summed E-state index contributed by atoms with van der Waals surface area (Å²) in [6.07, 6.45) is 12.7. The Hall–Kier alpha value is -3.19. The predicted octanol–water partition coefficient (Wildman–Crippen LogP) is 5.20. The molecule has 3 aromatic rings. The highest BCUT2D eigenvalue weighted by Gasteiger charge is 2.17. The molecule has 1 aliphatic rings. The number of anilines is 1. The molecule has 0 amide bonds. The van der Waals surface area contributed by atoms with Gasteiger partial charge in [-0.3, -0.25) is 4.79 Å². The summed E-state index contributed by atoms with van der Waals surface area (Å²) >= 11 is 0. The molecule has 2 heterocycles. The van der Waals surface area contributed by atoms with Crippen LogP contribution in [0.3, 0.4) is 0 Å². The molecule has 35 heavy (non-hydrogen) atoms. The third-order valence-corrected chi connectivity index (χ3v) is 6.77. The van der Waals surface area contributed by atoms with Crippen molar-refractivity contribution >= 4 is 33.7 Å². The quantitative estimate of drug-likeness (QED) is 0.350. The molecule has 0 spiro atoms. The van der Waals surface area contributed by atoms with Crippen LogP contribution in [0.4, 0.5) is 5.82 Å². The van der Waals surface area contributed by atoms with Crippen molar-refractivity contribution in [2.24, 2.45) is 5.92 Å². The SMILES string of the molecule is CCCCc1nc2c(N)nc3ccccc3c2n1CCCCN(C)CC1=CCC(CC(=O)O)C=C1. The van der Waals surface area contributed by atoms with Crippen LogP contribution in [0.15, 0.2) is 48.1 Å². The maximum absolute atomic E-state index is 10.9. The topological polar surface area (TPSA) is 97.3 Å². The number of nitrogen functional groups attached to an aromatic ring is 1. The number of carboxylic acid groups (broad SMARTS) is 1. The molecule has 0 saturated carbocycles. The average molecular weight is 476 g/mol. The zero-order chi connectivity index (χ0) is 24.8. The second-order valence-corrected chi connectivity index (χ2v) is 9.67. The lowest BCUT2D eigenvalue weighted by Gasteiger charge is -2.20. The van der Waals surface area contributed by atoms with Gasteiger partial charge in [-0.05, 0) is 56.8 Å². The lowest BCUT2D eigenvalue weighted by Crippen LogP contribution is -2.23. The Morgan fingerprint density at radius 3 is 2.80 bits per heavy atom. The van der Waals surface area contributed by atoms with E-state index in [0.29, 0.717) is 5.82 Å². The van der Waals surface area contributed by atoms with Crippen LogP contribution >= 0.6 is 0 Å². The molecule has 0 fully saturated rings. The minimum Gasteiger partial charge on any atom is -0.481 e. The highest BCUT2D eigenvalue weighted by Crippen LogP contribution is 2.29. The number of aliphatic carboxylic acids is 1. The summed E-state index contributed by atoms with van der Waals surface area (Å²) in [6.45, 7) is 5.01. The number of aromatic nitrogens is 3. The summed E-state index contributed by atoms with van der Waals surface area (Å²) < 4.78 is 2.38. The van der Waals surface area contributed by atoms with Crippen LogP contribution in [0.1, 0.15) is 51.3 Å². The lowest BCUT2D eigenvalue weighted by atomic mass is 9.94. The molecule has 0 saturated heterocycles. The molecular formula is C28H37N5O2. The van der Waals surface area contributed by atoms with E-state index in [0.717, 1.165) is 85.9 Å². The summed E-state index contributed by atoms with van der Waals surface area (Å²) in [5.74, 6) is 1.00. The van der Waals surface area contributed by atoms with E-state index in [9.17, 15) is 4.79 Å². The Morgan fingerprint density at radius 2 is 2.06 bits per heavy atom. The summed E-state index contributed by atoms with van der Waals surface area (Å²) in [5, 5.41) is 10.1. The molecule has 7 nitrogen and oxygen atoms in total. The van der Waals surface area contributed by atoms with Crippen LogP contribution in [0.2, 0.25) is 0 Å². The van der Waals surface area contributed by atoms with E-state index in [-0.39, 0.29) is 12.3 Å². The fraction of sp³-hybridized carbons (Fsp3) is 0.464. The largest absolute Gasteiger partial charge is 0.481 e. The Labute approximate surface area is 207 Å². The first-order chi connectivity index (χ1) is 17.0. The zero-order valence-corrected chi connectivity index (χ0v) is 20.9. The van der Waals surface area contributed by atoms with Crippen LogP contribution in [-0.4, -0.2) is 50.6 Å². The Balaban J connectivity index is 1.39. The van der Waals surface area contributed by atoms with Gasteiger partial charge in [-0.25, -0.2) is 9.97 Å². The third-order valence-electron chi connectivity index (χ3n) is 6.77. The van der Waals surface area contributed by atoms with E-state index in [4.69, 9.17) is 15.8 Å². The van der Waals surface area contributed by atoms with Crippen molar-refractivity contribution in [3.63, 3.8) is 0 Å². The summed E-state index contributed by atoms with van der Waals surface area (Å²) in [4.78, 5) is 22.8. The van der Waals surface area contributed by atoms with Gasteiger partial charge in [0.25, 0.3) is 0 Å². The number of carbonyl (C=O) groups is 1. The van der Waals surface area contributed by atoms with Crippen LogP contribution in [0, 0.1) is 5.92 Å². The fourth-order valence-electron chi connectivity index (χ4n) is 4.92. The number of likely N-dealkylation sites (N-methyl/N-ethyl adjacent to an activating group) is 1. The van der Waals surface area contributed by atoms with Gasteiger partial charge in [0.05, 0.1) is 17.5 Å². The molecule has 4 rings (SSSR count). The standard InChI is InChI=1S/C28H37N5O2/c1-3-4-11-24-31-26-27(22-9-5-6-10-23(22)30-28(26)29)33(24)17-8-7-16-32(2)19-21-14-12-20(13-15-21)18-25(34)35/h5-6,9-10,12,14-15,20H,3-4,7-8,11,13,16-19H2,1-2H3,(H2,29,30)(H,34,35). The number of nitrogens with zero attached hydrogens (tertiary/aromatic N) is 4. The molecule has 186 valence electrons. The maximum atomic E-state index is 10.9. The summed E-state index contributed by atoms with van der Waals surface area (Å²) in [5.41, 5.74) is 10.4. The van der Waals surface area contributed by atoms with Crippen molar-refractivity contribution in [2.75, 3.05) is 25.9 Å². The highest BCUT2D eigenvalue weighted by molar-refractivity contribution is 6.06. The van der Waals surface area contributed by atoms with Gasteiger partial charge in [-0.2, -0.15) is 0 Å². The van der Waals surface area contributed by atoms with Crippen molar-refractivity contribution in [2.45, 2.75) is 58.4 Å². The number of rotatable bonds is 12. The van der Waals surface area contributed by atoms with E-state index in [1.165, 1.54) is 5.57 Å². The van der Waals surface area contributed by atoms with Crippen molar-refractivity contribution in [3.05, 3.63) is 53.9 Å². The van der Waals surface area contributed by atoms with Crippen LogP contribution in [0.25, 0.3) is 21.9 Å². The maximum Gasteiger partial charge on any atom is 0.303 e. The summed E-state index contributed by atoms with van der Waals surface area (Å²) in [7, 11) is 2.15. The van der Waals surface area contributed by atoms with E-state index in [1.54, 1.807) is 0 Å². The Morgan fingerprint density at radius 1 is 1.23 bits per heavy atom. The van der Waals surface area contributed by atoms with Gasteiger partial charge in [0.15, 0.2) is 5.82 Å². The number of imidazole rings is 1. The zero-order valence-electron chi connectivity index (χ0n) is 20.9. The number of nitrogens with two attached hydrogens (primary N) is 1. The van der Waals surface area contributed by atoms with Crippen molar-refractivity contribution in [1.82, 2.24) is 19.4 Å². The van der Waals surface area contributed by atoms with Gasteiger partial charge in [-0.1, -0.05) is 49.8 Å². The van der Waals surface area contributed by atoms with Crippen LogP contribution in [-0.2, 0) is 17.8 Å². The van der Waals surface area contributed by atoms with Gasteiger partial charge in [-0.15, -0.1) is 0 Å². The molecule has 3 N–H and O–H groups in total. The normalized spacial score (nSPS) is 15.9. The number of benzene rings is 1. The van der Waals surface area contributed by atoms with Gasteiger partial charge < -0.3 is 20.3 Å². The molecule has 0 radical (unpaired) electrons. The van der Waals surface area contributed by atoms with Crippen molar-refractivity contribution in [1.29, 1.82) is 0 Å². The molecule has 0 bridgehead atoms. The van der Waals surface area contributed by atoms with E-state index >= 15 is 0 Å². The van der Waals surface area contributed by atoms with E-state index in [2.05, 4.69) is 52.7 Å². The van der Waals surface area contributed by atoms with Crippen molar-refractivity contribution in [3.8, 4) is 0 Å². The number of allylic oxidation sites excluding steroid dienone is 2. The Kier molecular flexibility index (Phi) is 8.18.